The summed E-state index contributed by atoms with van der Waals surface area (Å²) in [5.41, 5.74) is 2.32. The second-order valence-corrected chi connectivity index (χ2v) is 4.71. The Bertz CT molecular complexity index is 579. The summed E-state index contributed by atoms with van der Waals surface area (Å²) < 4.78 is 13.7. The van der Waals surface area contributed by atoms with E-state index in [1.165, 1.54) is 18.2 Å². The van der Waals surface area contributed by atoms with Crippen molar-refractivity contribution in [1.29, 1.82) is 0 Å². The molecule has 0 saturated carbocycles. The molecule has 0 atom stereocenters. The first-order valence-corrected chi connectivity index (χ1v) is 5.94. The minimum atomic E-state index is -0.591. The Morgan fingerprint density at radius 3 is 2.28 bits per heavy atom. The van der Waals surface area contributed by atoms with E-state index >= 15 is 0 Å². The molecular formula is C15H12ClFO. The van der Waals surface area contributed by atoms with E-state index in [9.17, 15) is 9.18 Å². The van der Waals surface area contributed by atoms with Crippen LogP contribution in [-0.2, 0) is 0 Å². The van der Waals surface area contributed by atoms with Gasteiger partial charge in [0.1, 0.15) is 5.82 Å². The first-order chi connectivity index (χ1) is 8.49. The van der Waals surface area contributed by atoms with Gasteiger partial charge >= 0.3 is 0 Å². The van der Waals surface area contributed by atoms with Crippen LogP contribution in [0.2, 0.25) is 5.02 Å². The Hall–Kier alpha value is -1.67. The van der Waals surface area contributed by atoms with Crippen LogP contribution in [0.1, 0.15) is 27.0 Å². The number of benzene rings is 2. The number of hydrogen-bond donors (Lipinski definition) is 0. The predicted molar refractivity (Wildman–Crippen MR) is 70.8 cm³/mol. The number of ketones is 1. The zero-order valence-electron chi connectivity index (χ0n) is 10.1. The van der Waals surface area contributed by atoms with Crippen LogP contribution in [0, 0.1) is 19.7 Å². The highest BCUT2D eigenvalue weighted by Crippen LogP contribution is 2.23. The quantitative estimate of drug-likeness (QED) is 0.737. The lowest BCUT2D eigenvalue weighted by molar-refractivity contribution is 0.103. The first kappa shape index (κ1) is 12.8. The van der Waals surface area contributed by atoms with Gasteiger partial charge in [0, 0.05) is 5.56 Å². The van der Waals surface area contributed by atoms with E-state index in [-0.39, 0.29) is 16.4 Å². The fraction of sp³-hybridized carbons (Fsp3) is 0.133. The molecule has 0 amide bonds. The van der Waals surface area contributed by atoms with Gasteiger partial charge in [-0.05, 0) is 38.1 Å². The summed E-state index contributed by atoms with van der Waals surface area (Å²) in [6.07, 6.45) is 0. The molecule has 2 rings (SSSR count). The Kier molecular flexibility index (Phi) is 3.48. The van der Waals surface area contributed by atoms with Gasteiger partial charge < -0.3 is 0 Å². The largest absolute Gasteiger partial charge is 0.288 e. The molecule has 0 fully saturated rings. The molecular weight excluding hydrogens is 251 g/mol. The topological polar surface area (TPSA) is 17.1 Å². The minimum absolute atomic E-state index is 0.0656. The van der Waals surface area contributed by atoms with Gasteiger partial charge in [-0.15, -0.1) is 0 Å². The van der Waals surface area contributed by atoms with Crippen molar-refractivity contribution in [3.05, 3.63) is 69.5 Å². The standard InChI is InChI=1S/C15H12ClFO/c1-9-6-10(2)8-11(7-9)15(18)14-12(16)4-3-5-13(14)17/h3-8H,1-2H3. The van der Waals surface area contributed by atoms with Crippen LogP contribution in [0.4, 0.5) is 4.39 Å². The van der Waals surface area contributed by atoms with E-state index in [1.807, 2.05) is 19.9 Å². The molecule has 18 heavy (non-hydrogen) atoms. The molecule has 92 valence electrons. The summed E-state index contributed by atoms with van der Waals surface area (Å²) in [4.78, 5) is 12.3. The summed E-state index contributed by atoms with van der Waals surface area (Å²) in [6.45, 7) is 3.79. The van der Waals surface area contributed by atoms with Gasteiger partial charge in [0.25, 0.3) is 0 Å². The normalized spacial score (nSPS) is 10.4. The van der Waals surface area contributed by atoms with Crippen LogP contribution >= 0.6 is 11.6 Å². The summed E-state index contributed by atoms with van der Waals surface area (Å²) >= 11 is 5.89. The van der Waals surface area contributed by atoms with Gasteiger partial charge in [-0.1, -0.05) is 34.9 Å². The monoisotopic (exact) mass is 262 g/mol. The van der Waals surface area contributed by atoms with Crippen LogP contribution in [-0.4, -0.2) is 5.78 Å². The fourth-order valence-corrected chi connectivity index (χ4v) is 2.21. The second kappa shape index (κ2) is 4.91. The molecule has 2 aromatic carbocycles. The molecule has 0 spiro atoms. The molecule has 0 unspecified atom stereocenters. The fourth-order valence-electron chi connectivity index (χ4n) is 1.96. The highest BCUT2D eigenvalue weighted by Gasteiger charge is 2.17. The zero-order valence-corrected chi connectivity index (χ0v) is 10.9. The van der Waals surface area contributed by atoms with Crippen LogP contribution in [0.15, 0.2) is 36.4 Å². The van der Waals surface area contributed by atoms with Crippen molar-refractivity contribution >= 4 is 17.4 Å². The van der Waals surface area contributed by atoms with Gasteiger partial charge in [-0.3, -0.25) is 4.79 Å². The van der Waals surface area contributed by atoms with E-state index in [4.69, 9.17) is 11.6 Å². The van der Waals surface area contributed by atoms with Crippen molar-refractivity contribution in [3.63, 3.8) is 0 Å². The highest BCUT2D eigenvalue weighted by atomic mass is 35.5. The number of carbonyl (C=O) groups excluding carboxylic acids is 1. The zero-order chi connectivity index (χ0) is 13.3. The van der Waals surface area contributed by atoms with Crippen LogP contribution < -0.4 is 0 Å². The predicted octanol–water partition coefficient (Wildman–Crippen LogP) is 4.33. The molecule has 0 bridgehead atoms. The molecule has 0 N–H and O–H groups in total. The third-order valence-corrected chi connectivity index (χ3v) is 2.99. The number of hydrogen-bond acceptors (Lipinski definition) is 1. The molecule has 0 aliphatic rings. The molecule has 0 aromatic heterocycles. The van der Waals surface area contributed by atoms with E-state index in [0.29, 0.717) is 5.56 Å². The molecule has 0 aliphatic carbocycles. The molecule has 0 saturated heterocycles. The van der Waals surface area contributed by atoms with Crippen molar-refractivity contribution in [2.45, 2.75) is 13.8 Å². The lowest BCUT2D eigenvalue weighted by Gasteiger charge is -2.07. The van der Waals surface area contributed by atoms with Crippen LogP contribution in [0.25, 0.3) is 0 Å². The molecule has 2 aromatic rings. The van der Waals surface area contributed by atoms with Gasteiger partial charge in [-0.25, -0.2) is 4.39 Å². The molecule has 0 radical (unpaired) electrons. The van der Waals surface area contributed by atoms with Gasteiger partial charge in [-0.2, -0.15) is 0 Å². The summed E-state index contributed by atoms with van der Waals surface area (Å²) in [5.74, 6) is -0.975. The first-order valence-electron chi connectivity index (χ1n) is 5.56. The van der Waals surface area contributed by atoms with Gasteiger partial charge in [0.15, 0.2) is 5.78 Å². The average Bonchev–Trinajstić information content (AvgIpc) is 2.27. The summed E-state index contributed by atoms with van der Waals surface area (Å²) in [5, 5.41) is 0.138. The molecule has 1 nitrogen and oxygen atoms in total. The van der Waals surface area contributed by atoms with Gasteiger partial charge in [0.2, 0.25) is 0 Å². The summed E-state index contributed by atoms with van der Waals surface area (Å²) in [7, 11) is 0. The maximum absolute atomic E-state index is 13.7. The lowest BCUT2D eigenvalue weighted by atomic mass is 9.99. The Balaban J connectivity index is 2.55. The Morgan fingerprint density at radius 1 is 1.11 bits per heavy atom. The second-order valence-electron chi connectivity index (χ2n) is 4.30. The number of rotatable bonds is 2. The smallest absolute Gasteiger partial charge is 0.197 e. The number of aryl methyl sites for hydroxylation is 2. The van der Waals surface area contributed by atoms with Crippen molar-refractivity contribution in [3.8, 4) is 0 Å². The van der Waals surface area contributed by atoms with Crippen LogP contribution in [0.3, 0.4) is 0 Å². The third kappa shape index (κ3) is 2.44. The number of halogens is 2. The van der Waals surface area contributed by atoms with E-state index < -0.39 is 5.82 Å². The van der Waals surface area contributed by atoms with E-state index in [2.05, 4.69) is 0 Å². The van der Waals surface area contributed by atoms with Crippen LogP contribution in [0.5, 0.6) is 0 Å². The Labute approximate surface area is 110 Å². The van der Waals surface area contributed by atoms with Crippen molar-refractivity contribution in [2.75, 3.05) is 0 Å². The average molecular weight is 263 g/mol. The molecule has 0 aliphatic heterocycles. The van der Waals surface area contributed by atoms with Crippen molar-refractivity contribution in [2.24, 2.45) is 0 Å². The SMILES string of the molecule is Cc1cc(C)cc(C(=O)c2c(F)cccc2Cl)c1. The molecule has 3 heteroatoms. The maximum Gasteiger partial charge on any atom is 0.197 e. The Morgan fingerprint density at radius 2 is 1.72 bits per heavy atom. The lowest BCUT2D eigenvalue weighted by Crippen LogP contribution is -2.06. The molecule has 0 heterocycles. The number of carbonyl (C=O) groups is 1. The summed E-state index contributed by atoms with van der Waals surface area (Å²) in [6, 6.07) is 9.66. The highest BCUT2D eigenvalue weighted by molar-refractivity contribution is 6.35. The third-order valence-electron chi connectivity index (χ3n) is 2.67. The maximum atomic E-state index is 13.7. The van der Waals surface area contributed by atoms with E-state index in [1.54, 1.807) is 12.1 Å². The van der Waals surface area contributed by atoms with Crippen molar-refractivity contribution < 1.29 is 9.18 Å². The van der Waals surface area contributed by atoms with E-state index in [0.717, 1.165) is 11.1 Å². The van der Waals surface area contributed by atoms with Gasteiger partial charge in [0.05, 0.1) is 10.6 Å². The minimum Gasteiger partial charge on any atom is -0.288 e. The van der Waals surface area contributed by atoms with Crippen molar-refractivity contribution in [1.82, 2.24) is 0 Å².